The van der Waals surface area contributed by atoms with Crippen LogP contribution in [0.25, 0.3) is 11.3 Å². The SMILES string of the molecule is CN1CCN(CCn2ccc(-c3c(N)ccnc3N)n2)CC1. The first kappa shape index (κ1) is 14.8. The highest BCUT2D eigenvalue weighted by Gasteiger charge is 2.14. The smallest absolute Gasteiger partial charge is 0.134 e. The molecule has 0 saturated carbocycles. The minimum absolute atomic E-state index is 0.421. The summed E-state index contributed by atoms with van der Waals surface area (Å²) in [7, 11) is 2.17. The van der Waals surface area contributed by atoms with Gasteiger partial charge in [-0.2, -0.15) is 5.10 Å². The summed E-state index contributed by atoms with van der Waals surface area (Å²) >= 11 is 0. The maximum Gasteiger partial charge on any atom is 0.134 e. The van der Waals surface area contributed by atoms with Gasteiger partial charge in [-0.05, 0) is 19.2 Å². The summed E-state index contributed by atoms with van der Waals surface area (Å²) in [4.78, 5) is 8.91. The average Bonchev–Trinajstić information content (AvgIpc) is 2.95. The maximum atomic E-state index is 5.98. The summed E-state index contributed by atoms with van der Waals surface area (Å²) in [5, 5.41) is 4.58. The predicted octanol–water partition coefficient (Wildman–Crippen LogP) is 0.357. The molecule has 2 aromatic rings. The van der Waals surface area contributed by atoms with Crippen LogP contribution in [-0.2, 0) is 6.54 Å². The van der Waals surface area contributed by atoms with E-state index in [9.17, 15) is 0 Å². The molecule has 1 aliphatic heterocycles. The van der Waals surface area contributed by atoms with Crippen LogP contribution in [-0.4, -0.2) is 64.3 Å². The lowest BCUT2D eigenvalue weighted by atomic mass is 10.1. The van der Waals surface area contributed by atoms with Crippen LogP contribution in [0.15, 0.2) is 24.5 Å². The molecule has 0 amide bonds. The Hall–Kier alpha value is -2.12. The molecule has 0 radical (unpaired) electrons. The second-order valence-corrected chi connectivity index (χ2v) is 5.77. The molecule has 7 nitrogen and oxygen atoms in total. The van der Waals surface area contributed by atoms with Crippen molar-refractivity contribution in [2.24, 2.45) is 0 Å². The number of piperazine rings is 1. The number of rotatable bonds is 4. The van der Waals surface area contributed by atoms with Gasteiger partial charge in [0.05, 0.1) is 17.8 Å². The molecule has 4 N–H and O–H groups in total. The molecule has 7 heteroatoms. The van der Waals surface area contributed by atoms with E-state index in [-0.39, 0.29) is 0 Å². The monoisotopic (exact) mass is 301 g/mol. The Balaban J connectivity index is 1.64. The summed E-state index contributed by atoms with van der Waals surface area (Å²) in [6, 6.07) is 3.68. The summed E-state index contributed by atoms with van der Waals surface area (Å²) in [5.74, 6) is 0.421. The molecule has 0 aromatic carbocycles. The fourth-order valence-electron chi connectivity index (χ4n) is 2.71. The molecule has 22 heavy (non-hydrogen) atoms. The molecule has 3 rings (SSSR count). The van der Waals surface area contributed by atoms with Crippen LogP contribution in [0.4, 0.5) is 11.5 Å². The number of likely N-dealkylation sites (N-methyl/N-ethyl adjacent to an activating group) is 1. The van der Waals surface area contributed by atoms with Gasteiger partial charge < -0.3 is 16.4 Å². The third-order valence-corrected chi connectivity index (χ3v) is 4.15. The summed E-state index contributed by atoms with van der Waals surface area (Å²) in [5.41, 5.74) is 14.0. The van der Waals surface area contributed by atoms with Gasteiger partial charge in [-0.15, -0.1) is 0 Å². The van der Waals surface area contributed by atoms with Crippen molar-refractivity contribution < 1.29 is 0 Å². The number of nitrogen functional groups attached to an aromatic ring is 2. The number of aromatic nitrogens is 3. The molecule has 0 bridgehead atoms. The average molecular weight is 301 g/mol. The van der Waals surface area contributed by atoms with Crippen molar-refractivity contribution in [3.05, 3.63) is 24.5 Å². The second kappa shape index (κ2) is 6.33. The minimum Gasteiger partial charge on any atom is -0.398 e. The molecular formula is C15H23N7. The second-order valence-electron chi connectivity index (χ2n) is 5.77. The third kappa shape index (κ3) is 3.20. The first-order chi connectivity index (χ1) is 10.6. The summed E-state index contributed by atoms with van der Waals surface area (Å²) < 4.78 is 1.94. The Labute approximate surface area is 130 Å². The molecule has 0 atom stereocenters. The predicted molar refractivity (Wildman–Crippen MR) is 88.2 cm³/mol. The highest BCUT2D eigenvalue weighted by atomic mass is 15.3. The maximum absolute atomic E-state index is 5.98. The Morgan fingerprint density at radius 2 is 1.86 bits per heavy atom. The van der Waals surface area contributed by atoms with Crippen molar-refractivity contribution >= 4 is 11.5 Å². The van der Waals surface area contributed by atoms with Gasteiger partial charge in [-0.1, -0.05) is 0 Å². The van der Waals surface area contributed by atoms with Crippen molar-refractivity contribution in [2.75, 3.05) is 51.2 Å². The Morgan fingerprint density at radius 3 is 2.59 bits per heavy atom. The van der Waals surface area contributed by atoms with Gasteiger partial charge in [0.2, 0.25) is 0 Å². The molecule has 1 saturated heterocycles. The summed E-state index contributed by atoms with van der Waals surface area (Å²) in [6.07, 6.45) is 3.58. The van der Waals surface area contributed by atoms with E-state index < -0.39 is 0 Å². The normalized spacial score (nSPS) is 17.0. The molecule has 2 aromatic heterocycles. The first-order valence-corrected chi connectivity index (χ1v) is 7.58. The highest BCUT2D eigenvalue weighted by molar-refractivity contribution is 5.82. The topological polar surface area (TPSA) is 89.2 Å². The van der Waals surface area contributed by atoms with Crippen molar-refractivity contribution in [1.29, 1.82) is 0 Å². The van der Waals surface area contributed by atoms with Gasteiger partial charge in [0.25, 0.3) is 0 Å². The number of hydrogen-bond acceptors (Lipinski definition) is 6. The molecule has 0 unspecified atom stereocenters. The van der Waals surface area contributed by atoms with Crippen LogP contribution in [0.5, 0.6) is 0 Å². The lowest BCUT2D eigenvalue weighted by molar-refractivity contribution is 0.149. The minimum atomic E-state index is 0.421. The lowest BCUT2D eigenvalue weighted by Crippen LogP contribution is -2.45. The molecule has 0 spiro atoms. The zero-order valence-electron chi connectivity index (χ0n) is 12.9. The van der Waals surface area contributed by atoms with E-state index in [1.165, 1.54) is 0 Å². The molecule has 1 fully saturated rings. The van der Waals surface area contributed by atoms with Crippen LogP contribution in [0.1, 0.15) is 0 Å². The first-order valence-electron chi connectivity index (χ1n) is 7.58. The molecule has 118 valence electrons. The van der Waals surface area contributed by atoms with Crippen LogP contribution in [0.3, 0.4) is 0 Å². The van der Waals surface area contributed by atoms with E-state index in [4.69, 9.17) is 11.5 Å². The Kier molecular flexibility index (Phi) is 4.26. The van der Waals surface area contributed by atoms with Crippen molar-refractivity contribution in [3.8, 4) is 11.3 Å². The molecule has 1 aliphatic rings. The van der Waals surface area contributed by atoms with Gasteiger partial charge in [0.15, 0.2) is 0 Å². The van der Waals surface area contributed by atoms with Gasteiger partial charge in [0.1, 0.15) is 5.82 Å². The van der Waals surface area contributed by atoms with Crippen molar-refractivity contribution in [3.63, 3.8) is 0 Å². The van der Waals surface area contributed by atoms with Crippen molar-refractivity contribution in [2.45, 2.75) is 6.54 Å². The highest BCUT2D eigenvalue weighted by Crippen LogP contribution is 2.28. The third-order valence-electron chi connectivity index (χ3n) is 4.15. The van der Waals surface area contributed by atoms with Gasteiger partial charge in [-0.3, -0.25) is 9.58 Å². The number of nitrogens with zero attached hydrogens (tertiary/aromatic N) is 5. The number of anilines is 2. The Morgan fingerprint density at radius 1 is 1.09 bits per heavy atom. The van der Waals surface area contributed by atoms with E-state index in [0.29, 0.717) is 11.5 Å². The lowest BCUT2D eigenvalue weighted by Gasteiger charge is -2.32. The van der Waals surface area contributed by atoms with E-state index in [0.717, 1.165) is 50.5 Å². The molecule has 3 heterocycles. The van der Waals surface area contributed by atoms with E-state index >= 15 is 0 Å². The number of pyridine rings is 1. The van der Waals surface area contributed by atoms with Crippen LogP contribution in [0.2, 0.25) is 0 Å². The van der Waals surface area contributed by atoms with Gasteiger partial charge in [-0.25, -0.2) is 4.98 Å². The summed E-state index contributed by atoms with van der Waals surface area (Å²) in [6.45, 7) is 6.37. The van der Waals surface area contributed by atoms with E-state index in [2.05, 4.69) is 26.9 Å². The number of hydrogen-bond donors (Lipinski definition) is 2. The van der Waals surface area contributed by atoms with Crippen molar-refractivity contribution in [1.82, 2.24) is 24.6 Å². The largest absolute Gasteiger partial charge is 0.398 e. The van der Waals surface area contributed by atoms with Crippen LogP contribution < -0.4 is 11.5 Å². The zero-order valence-corrected chi connectivity index (χ0v) is 12.9. The van der Waals surface area contributed by atoms with Gasteiger partial charge >= 0.3 is 0 Å². The van der Waals surface area contributed by atoms with Gasteiger partial charge in [0, 0.05) is 50.8 Å². The van der Waals surface area contributed by atoms with E-state index in [1.807, 2.05) is 16.9 Å². The standard InChI is InChI=1S/C15H23N7/c1-20-6-8-21(9-7-20)10-11-22-5-3-13(19-22)14-12(16)2-4-18-15(14)17/h2-5H,6-11H2,1H3,(H4,16,17,18). The quantitative estimate of drug-likeness (QED) is 0.847. The fraction of sp³-hybridized carbons (Fsp3) is 0.467. The van der Waals surface area contributed by atoms with Crippen LogP contribution >= 0.6 is 0 Å². The fourth-order valence-corrected chi connectivity index (χ4v) is 2.71. The molecular weight excluding hydrogens is 278 g/mol. The van der Waals surface area contributed by atoms with E-state index in [1.54, 1.807) is 12.3 Å². The molecule has 0 aliphatic carbocycles. The Bertz CT molecular complexity index is 608. The van der Waals surface area contributed by atoms with Crippen LogP contribution in [0, 0.1) is 0 Å². The zero-order chi connectivity index (χ0) is 15.5. The number of nitrogens with two attached hydrogens (primary N) is 2.